The van der Waals surface area contributed by atoms with Crippen LogP contribution in [0.1, 0.15) is 19.4 Å². The summed E-state index contributed by atoms with van der Waals surface area (Å²) in [5, 5.41) is 9.48. The molecule has 0 amide bonds. The lowest BCUT2D eigenvalue weighted by Crippen LogP contribution is -2.30. The monoisotopic (exact) mass is 209 g/mol. The Hall–Kier alpha value is -0.900. The first-order valence-corrected chi connectivity index (χ1v) is 5.27. The molecule has 0 saturated heterocycles. The zero-order valence-electron chi connectivity index (χ0n) is 9.31. The minimum atomic E-state index is -0.360. The molecule has 15 heavy (non-hydrogen) atoms. The lowest BCUT2D eigenvalue weighted by atomic mass is 10.1. The minimum Gasteiger partial charge on any atom is -0.391 e. The van der Waals surface area contributed by atoms with Gasteiger partial charge >= 0.3 is 0 Å². The second-order valence-corrected chi connectivity index (χ2v) is 3.93. The van der Waals surface area contributed by atoms with Gasteiger partial charge in [-0.25, -0.2) is 0 Å². The first-order chi connectivity index (χ1) is 7.20. The molecule has 0 spiro atoms. The average Bonchev–Trinajstić information content (AvgIpc) is 2.25. The van der Waals surface area contributed by atoms with Crippen LogP contribution in [0.15, 0.2) is 30.3 Å². The number of nitrogens with one attached hydrogen (secondary N) is 1. The Kier molecular flexibility index (Phi) is 5.32. The van der Waals surface area contributed by atoms with Crippen LogP contribution in [-0.4, -0.2) is 17.8 Å². The zero-order valence-corrected chi connectivity index (χ0v) is 9.31. The van der Waals surface area contributed by atoms with Gasteiger partial charge in [0, 0.05) is 6.54 Å². The average molecular weight is 209 g/mol. The lowest BCUT2D eigenvalue weighted by Gasteiger charge is -2.14. The Morgan fingerprint density at radius 1 is 1.27 bits per heavy atom. The molecule has 1 rings (SSSR count). The van der Waals surface area contributed by atoms with Gasteiger partial charge in [-0.3, -0.25) is 4.84 Å². The molecule has 0 aromatic heterocycles. The van der Waals surface area contributed by atoms with E-state index in [-0.39, 0.29) is 12.0 Å². The summed E-state index contributed by atoms with van der Waals surface area (Å²) in [6, 6.07) is 9.92. The maximum absolute atomic E-state index is 9.48. The van der Waals surface area contributed by atoms with Gasteiger partial charge in [0.25, 0.3) is 0 Å². The van der Waals surface area contributed by atoms with Crippen LogP contribution in [0.5, 0.6) is 0 Å². The zero-order chi connectivity index (χ0) is 11.1. The molecular weight excluding hydrogens is 190 g/mol. The molecule has 1 aromatic carbocycles. The topological polar surface area (TPSA) is 41.5 Å². The molecule has 0 bridgehead atoms. The molecule has 3 heteroatoms. The third-order valence-corrected chi connectivity index (χ3v) is 2.25. The molecule has 0 aliphatic heterocycles. The molecule has 84 valence electrons. The number of hydroxylamine groups is 1. The number of benzene rings is 1. The van der Waals surface area contributed by atoms with Crippen molar-refractivity contribution in [2.24, 2.45) is 5.92 Å². The number of hydrogen-bond donors (Lipinski definition) is 2. The van der Waals surface area contributed by atoms with Crippen LogP contribution < -0.4 is 5.48 Å². The van der Waals surface area contributed by atoms with E-state index >= 15 is 0 Å². The molecule has 1 atom stereocenters. The van der Waals surface area contributed by atoms with Crippen LogP contribution in [0.3, 0.4) is 0 Å². The summed E-state index contributed by atoms with van der Waals surface area (Å²) in [5.74, 6) is 0.248. The Labute approximate surface area is 91.0 Å². The summed E-state index contributed by atoms with van der Waals surface area (Å²) >= 11 is 0. The fourth-order valence-corrected chi connectivity index (χ4v) is 1.09. The van der Waals surface area contributed by atoms with Gasteiger partial charge in [0.15, 0.2) is 0 Å². The van der Waals surface area contributed by atoms with E-state index in [1.54, 1.807) is 0 Å². The molecule has 0 heterocycles. The Morgan fingerprint density at radius 3 is 2.53 bits per heavy atom. The second-order valence-electron chi connectivity index (χ2n) is 3.93. The highest BCUT2D eigenvalue weighted by Crippen LogP contribution is 2.01. The standard InChI is InChI=1S/C12H19NO2/c1-10(2)12(14)8-13-15-9-11-6-4-3-5-7-11/h3-7,10,12-14H,8-9H2,1-2H3. The van der Waals surface area contributed by atoms with E-state index in [0.717, 1.165) is 5.56 Å². The summed E-state index contributed by atoms with van der Waals surface area (Å²) in [4.78, 5) is 5.23. The van der Waals surface area contributed by atoms with Gasteiger partial charge in [-0.15, -0.1) is 0 Å². The maximum Gasteiger partial charge on any atom is 0.0933 e. The van der Waals surface area contributed by atoms with Crippen molar-refractivity contribution in [3.63, 3.8) is 0 Å². The molecule has 2 N–H and O–H groups in total. The molecule has 1 unspecified atom stereocenters. The van der Waals surface area contributed by atoms with Gasteiger partial charge in [0.2, 0.25) is 0 Å². The van der Waals surface area contributed by atoms with Crippen molar-refractivity contribution in [1.29, 1.82) is 0 Å². The number of hydrogen-bond acceptors (Lipinski definition) is 3. The van der Waals surface area contributed by atoms with E-state index in [2.05, 4.69) is 5.48 Å². The molecule has 0 aliphatic rings. The van der Waals surface area contributed by atoms with Crippen LogP contribution in [0.2, 0.25) is 0 Å². The first kappa shape index (κ1) is 12.2. The van der Waals surface area contributed by atoms with E-state index in [1.807, 2.05) is 44.2 Å². The van der Waals surface area contributed by atoms with Gasteiger partial charge in [-0.1, -0.05) is 44.2 Å². The van der Waals surface area contributed by atoms with Gasteiger partial charge < -0.3 is 5.11 Å². The predicted molar refractivity (Wildman–Crippen MR) is 60.1 cm³/mol. The Bertz CT molecular complexity index is 262. The third-order valence-electron chi connectivity index (χ3n) is 2.25. The normalized spacial score (nSPS) is 13.1. The summed E-state index contributed by atoms with van der Waals surface area (Å²) in [6.07, 6.45) is -0.360. The SMILES string of the molecule is CC(C)C(O)CNOCc1ccccc1. The van der Waals surface area contributed by atoms with Crippen molar-refractivity contribution in [3.8, 4) is 0 Å². The summed E-state index contributed by atoms with van der Waals surface area (Å²) in [6.45, 7) is 4.93. The van der Waals surface area contributed by atoms with Crippen LogP contribution in [-0.2, 0) is 11.4 Å². The van der Waals surface area contributed by atoms with Crippen molar-refractivity contribution >= 4 is 0 Å². The van der Waals surface area contributed by atoms with E-state index < -0.39 is 0 Å². The molecule has 0 aliphatic carbocycles. The Morgan fingerprint density at radius 2 is 1.93 bits per heavy atom. The molecular formula is C12H19NO2. The highest BCUT2D eigenvalue weighted by molar-refractivity contribution is 5.13. The van der Waals surface area contributed by atoms with E-state index in [0.29, 0.717) is 13.2 Å². The summed E-state index contributed by atoms with van der Waals surface area (Å²) < 4.78 is 0. The largest absolute Gasteiger partial charge is 0.391 e. The molecule has 0 fully saturated rings. The summed E-state index contributed by atoms with van der Waals surface area (Å²) in [5.41, 5.74) is 3.88. The van der Waals surface area contributed by atoms with Crippen LogP contribution >= 0.6 is 0 Å². The van der Waals surface area contributed by atoms with Gasteiger partial charge in [-0.2, -0.15) is 5.48 Å². The quantitative estimate of drug-likeness (QED) is 0.554. The maximum atomic E-state index is 9.48. The van der Waals surface area contributed by atoms with E-state index in [9.17, 15) is 5.11 Å². The number of aliphatic hydroxyl groups is 1. The minimum absolute atomic E-state index is 0.248. The fourth-order valence-electron chi connectivity index (χ4n) is 1.09. The van der Waals surface area contributed by atoms with Crippen LogP contribution in [0.4, 0.5) is 0 Å². The van der Waals surface area contributed by atoms with Gasteiger partial charge in [0.05, 0.1) is 12.7 Å². The molecule has 0 saturated carbocycles. The van der Waals surface area contributed by atoms with E-state index in [4.69, 9.17) is 4.84 Å². The van der Waals surface area contributed by atoms with Crippen molar-refractivity contribution in [1.82, 2.24) is 5.48 Å². The van der Waals surface area contributed by atoms with Crippen molar-refractivity contribution in [2.75, 3.05) is 6.54 Å². The Balaban J connectivity index is 2.12. The van der Waals surface area contributed by atoms with E-state index in [1.165, 1.54) is 0 Å². The second kappa shape index (κ2) is 6.56. The third kappa shape index (κ3) is 4.93. The van der Waals surface area contributed by atoms with Crippen LogP contribution in [0.25, 0.3) is 0 Å². The predicted octanol–water partition coefficient (Wildman–Crippen LogP) is 1.72. The number of aliphatic hydroxyl groups excluding tert-OH is 1. The first-order valence-electron chi connectivity index (χ1n) is 5.27. The van der Waals surface area contributed by atoms with Gasteiger partial charge in [0.1, 0.15) is 0 Å². The van der Waals surface area contributed by atoms with Crippen LogP contribution in [0, 0.1) is 5.92 Å². The fraction of sp³-hybridized carbons (Fsp3) is 0.500. The summed E-state index contributed by atoms with van der Waals surface area (Å²) in [7, 11) is 0. The molecule has 3 nitrogen and oxygen atoms in total. The van der Waals surface area contributed by atoms with Crippen molar-refractivity contribution < 1.29 is 9.94 Å². The van der Waals surface area contributed by atoms with Crippen molar-refractivity contribution in [2.45, 2.75) is 26.6 Å². The molecule has 0 radical (unpaired) electrons. The highest BCUT2D eigenvalue weighted by atomic mass is 16.6. The smallest absolute Gasteiger partial charge is 0.0933 e. The molecule has 1 aromatic rings. The van der Waals surface area contributed by atoms with Gasteiger partial charge in [-0.05, 0) is 11.5 Å². The van der Waals surface area contributed by atoms with Crippen molar-refractivity contribution in [3.05, 3.63) is 35.9 Å². The number of rotatable bonds is 6. The highest BCUT2D eigenvalue weighted by Gasteiger charge is 2.07. The lowest BCUT2D eigenvalue weighted by molar-refractivity contribution is -0.00601.